The van der Waals surface area contributed by atoms with Crippen molar-refractivity contribution in [3.05, 3.63) is 48.6 Å². The maximum absolute atomic E-state index is 5.94. The summed E-state index contributed by atoms with van der Waals surface area (Å²) in [7, 11) is 0. The average molecular weight is 306 g/mol. The molecule has 1 aliphatic rings. The summed E-state index contributed by atoms with van der Waals surface area (Å²) >= 11 is 0. The quantitative estimate of drug-likeness (QED) is 0.418. The molecule has 0 saturated carbocycles. The number of hydrogen-bond donors (Lipinski definition) is 0. The fraction of sp³-hybridized carbons (Fsp3) is 0.556. The van der Waals surface area contributed by atoms with E-state index in [4.69, 9.17) is 18.9 Å². The Kier molecular flexibility index (Phi) is 6.58. The normalized spacial score (nSPS) is 24.1. The summed E-state index contributed by atoms with van der Waals surface area (Å²) in [4.78, 5) is 0. The van der Waals surface area contributed by atoms with Gasteiger partial charge in [0.05, 0.1) is 25.9 Å². The fourth-order valence-corrected chi connectivity index (χ4v) is 2.46. The van der Waals surface area contributed by atoms with Gasteiger partial charge in [-0.2, -0.15) is 0 Å². The van der Waals surface area contributed by atoms with Gasteiger partial charge in [-0.1, -0.05) is 36.4 Å². The minimum Gasteiger partial charge on any atom is -0.355 e. The van der Waals surface area contributed by atoms with Crippen LogP contribution in [-0.2, 0) is 25.6 Å². The second-order valence-electron chi connectivity index (χ2n) is 5.97. The molecule has 2 atom stereocenters. The molecule has 0 unspecified atom stereocenters. The summed E-state index contributed by atoms with van der Waals surface area (Å²) < 4.78 is 22.8. The highest BCUT2D eigenvalue weighted by molar-refractivity contribution is 5.13. The van der Waals surface area contributed by atoms with Crippen LogP contribution in [0.5, 0.6) is 0 Å². The lowest BCUT2D eigenvalue weighted by molar-refractivity contribution is -0.298. The van der Waals surface area contributed by atoms with E-state index < -0.39 is 5.79 Å². The molecular weight excluding hydrogens is 280 g/mol. The van der Waals surface area contributed by atoms with Crippen LogP contribution in [0.3, 0.4) is 0 Å². The molecule has 1 heterocycles. The molecular formula is C18H26O4. The maximum Gasteiger partial charge on any atom is 0.163 e. The SMILES string of the molecule is C=CC[C@H]1OC(C)(C)OC[C@@H]1COCOCc1ccccc1. The van der Waals surface area contributed by atoms with Crippen molar-refractivity contribution in [2.24, 2.45) is 5.92 Å². The van der Waals surface area contributed by atoms with Gasteiger partial charge >= 0.3 is 0 Å². The van der Waals surface area contributed by atoms with Crippen molar-refractivity contribution in [1.29, 1.82) is 0 Å². The van der Waals surface area contributed by atoms with Crippen molar-refractivity contribution in [2.75, 3.05) is 20.0 Å². The van der Waals surface area contributed by atoms with Crippen LogP contribution < -0.4 is 0 Å². The van der Waals surface area contributed by atoms with Crippen LogP contribution in [0.15, 0.2) is 43.0 Å². The molecule has 1 fully saturated rings. The molecule has 4 heteroatoms. The first-order valence-corrected chi connectivity index (χ1v) is 7.73. The standard InChI is InChI=1S/C18H26O4/c1-4-8-17-16(13-21-18(2,3)22-17)12-20-14-19-11-15-9-6-5-7-10-15/h4-7,9-10,16-17H,1,8,11-14H2,2-3H3/t16-,17+/m0/s1. The summed E-state index contributed by atoms with van der Waals surface area (Å²) in [6, 6.07) is 10.1. The maximum atomic E-state index is 5.94. The lowest BCUT2D eigenvalue weighted by Crippen LogP contribution is -2.47. The van der Waals surface area contributed by atoms with Gasteiger partial charge < -0.3 is 18.9 Å². The first-order chi connectivity index (χ1) is 10.6. The van der Waals surface area contributed by atoms with Crippen LogP contribution in [0.2, 0.25) is 0 Å². The molecule has 0 amide bonds. The van der Waals surface area contributed by atoms with Crippen LogP contribution in [-0.4, -0.2) is 31.9 Å². The molecule has 1 aromatic rings. The molecule has 0 aromatic heterocycles. The highest BCUT2D eigenvalue weighted by atomic mass is 16.7. The molecule has 2 rings (SSSR count). The van der Waals surface area contributed by atoms with E-state index in [-0.39, 0.29) is 18.8 Å². The van der Waals surface area contributed by atoms with Gasteiger partial charge in [0.25, 0.3) is 0 Å². The summed E-state index contributed by atoms with van der Waals surface area (Å²) in [5, 5.41) is 0. The molecule has 0 bridgehead atoms. The summed E-state index contributed by atoms with van der Waals surface area (Å²) in [5.41, 5.74) is 1.14. The van der Waals surface area contributed by atoms with Crippen molar-refractivity contribution >= 4 is 0 Å². The van der Waals surface area contributed by atoms with Crippen LogP contribution in [0.25, 0.3) is 0 Å². The molecule has 0 spiro atoms. The second-order valence-corrected chi connectivity index (χ2v) is 5.97. The largest absolute Gasteiger partial charge is 0.355 e. The number of hydrogen-bond acceptors (Lipinski definition) is 4. The predicted octanol–water partition coefficient (Wildman–Crippen LogP) is 3.52. The van der Waals surface area contributed by atoms with Crippen LogP contribution in [0.1, 0.15) is 25.8 Å². The van der Waals surface area contributed by atoms with Crippen molar-refractivity contribution in [3.8, 4) is 0 Å². The van der Waals surface area contributed by atoms with E-state index in [1.807, 2.05) is 50.3 Å². The molecule has 1 saturated heterocycles. The topological polar surface area (TPSA) is 36.9 Å². The van der Waals surface area contributed by atoms with Crippen molar-refractivity contribution in [1.82, 2.24) is 0 Å². The van der Waals surface area contributed by atoms with Crippen LogP contribution in [0.4, 0.5) is 0 Å². The molecule has 4 nitrogen and oxygen atoms in total. The summed E-state index contributed by atoms with van der Waals surface area (Å²) in [6.07, 6.45) is 2.76. The Hall–Kier alpha value is -1.20. The fourth-order valence-electron chi connectivity index (χ4n) is 2.46. The van der Waals surface area contributed by atoms with Gasteiger partial charge in [0.15, 0.2) is 5.79 Å². The molecule has 1 aromatic carbocycles. The van der Waals surface area contributed by atoms with Crippen LogP contribution >= 0.6 is 0 Å². The van der Waals surface area contributed by atoms with E-state index >= 15 is 0 Å². The average Bonchev–Trinajstić information content (AvgIpc) is 2.50. The Bertz CT molecular complexity index is 444. The zero-order valence-electron chi connectivity index (χ0n) is 13.5. The molecule has 0 N–H and O–H groups in total. The van der Waals surface area contributed by atoms with Crippen molar-refractivity contribution < 1.29 is 18.9 Å². The van der Waals surface area contributed by atoms with Crippen molar-refractivity contribution in [3.63, 3.8) is 0 Å². The van der Waals surface area contributed by atoms with Gasteiger partial charge in [0, 0.05) is 5.92 Å². The Morgan fingerprint density at radius 1 is 1.27 bits per heavy atom. The lowest BCUT2D eigenvalue weighted by atomic mass is 9.99. The summed E-state index contributed by atoms with van der Waals surface area (Å²) in [6.45, 7) is 9.68. The van der Waals surface area contributed by atoms with Gasteiger partial charge in [0.2, 0.25) is 0 Å². The van der Waals surface area contributed by atoms with E-state index in [1.54, 1.807) is 0 Å². The Balaban J connectivity index is 1.68. The third kappa shape index (κ3) is 5.54. The third-order valence-corrected chi connectivity index (χ3v) is 3.62. The van der Waals surface area contributed by atoms with Crippen LogP contribution in [0, 0.1) is 5.92 Å². The molecule has 22 heavy (non-hydrogen) atoms. The first-order valence-electron chi connectivity index (χ1n) is 7.73. The van der Waals surface area contributed by atoms with E-state index in [0.717, 1.165) is 12.0 Å². The Morgan fingerprint density at radius 2 is 2.05 bits per heavy atom. The Morgan fingerprint density at radius 3 is 2.77 bits per heavy atom. The minimum atomic E-state index is -0.534. The number of benzene rings is 1. The van der Waals surface area contributed by atoms with E-state index in [2.05, 4.69) is 6.58 Å². The minimum absolute atomic E-state index is 0.0790. The lowest BCUT2D eigenvalue weighted by Gasteiger charge is -2.40. The van der Waals surface area contributed by atoms with Gasteiger partial charge in [-0.3, -0.25) is 0 Å². The molecule has 0 radical (unpaired) electrons. The monoisotopic (exact) mass is 306 g/mol. The van der Waals surface area contributed by atoms with Crippen molar-refractivity contribution in [2.45, 2.75) is 38.8 Å². The third-order valence-electron chi connectivity index (χ3n) is 3.62. The highest BCUT2D eigenvalue weighted by Crippen LogP contribution is 2.28. The Labute approximate surface area is 133 Å². The van der Waals surface area contributed by atoms with E-state index in [9.17, 15) is 0 Å². The zero-order chi connectivity index (χ0) is 15.8. The van der Waals surface area contributed by atoms with E-state index in [1.165, 1.54) is 0 Å². The number of rotatable bonds is 8. The second kappa shape index (κ2) is 8.44. The smallest absolute Gasteiger partial charge is 0.163 e. The first kappa shape index (κ1) is 17.2. The van der Waals surface area contributed by atoms with Gasteiger partial charge in [0.1, 0.15) is 6.79 Å². The summed E-state index contributed by atoms with van der Waals surface area (Å²) in [5.74, 6) is -0.333. The van der Waals surface area contributed by atoms with Gasteiger partial charge in [-0.05, 0) is 25.8 Å². The molecule has 1 aliphatic heterocycles. The molecule has 0 aliphatic carbocycles. The van der Waals surface area contributed by atoms with Gasteiger partial charge in [-0.15, -0.1) is 6.58 Å². The predicted molar refractivity (Wildman–Crippen MR) is 85.3 cm³/mol. The molecule has 122 valence electrons. The van der Waals surface area contributed by atoms with E-state index in [0.29, 0.717) is 19.8 Å². The van der Waals surface area contributed by atoms with Gasteiger partial charge in [-0.25, -0.2) is 0 Å². The number of ether oxygens (including phenoxy) is 4. The highest BCUT2D eigenvalue weighted by Gasteiger charge is 2.35. The zero-order valence-corrected chi connectivity index (χ0v) is 13.5.